The minimum atomic E-state index is -0.247. The van der Waals surface area contributed by atoms with Crippen LogP contribution in [0.3, 0.4) is 0 Å². The summed E-state index contributed by atoms with van der Waals surface area (Å²) in [5.41, 5.74) is 0.737. The first-order valence-electron chi connectivity index (χ1n) is 6.87. The summed E-state index contributed by atoms with van der Waals surface area (Å²) in [4.78, 5) is 27.0. The Bertz CT molecular complexity index is 453. The largest absolute Gasteiger partial charge is 0.465 e. The van der Waals surface area contributed by atoms with Gasteiger partial charge in [0.1, 0.15) is 6.61 Å². The van der Waals surface area contributed by atoms with E-state index in [2.05, 4.69) is 4.90 Å². The maximum absolute atomic E-state index is 12.2. The Labute approximate surface area is 119 Å². The zero-order valence-electron chi connectivity index (χ0n) is 11.7. The van der Waals surface area contributed by atoms with Gasteiger partial charge in [0, 0.05) is 45.2 Å². The Morgan fingerprint density at radius 1 is 1.10 bits per heavy atom. The van der Waals surface area contributed by atoms with E-state index in [0.717, 1.165) is 25.2 Å². The average Bonchev–Trinajstić information content (AvgIpc) is 2.48. The van der Waals surface area contributed by atoms with E-state index >= 15 is 0 Å². The van der Waals surface area contributed by atoms with Crippen LogP contribution in [0, 0.1) is 0 Å². The highest BCUT2D eigenvalue weighted by atomic mass is 16.5. The van der Waals surface area contributed by atoms with Gasteiger partial charge in [-0.05, 0) is 12.1 Å². The lowest BCUT2D eigenvalue weighted by molar-refractivity contribution is -0.141. The van der Waals surface area contributed by atoms with Crippen molar-refractivity contribution in [3.05, 3.63) is 35.9 Å². The van der Waals surface area contributed by atoms with Crippen LogP contribution in [0.5, 0.6) is 0 Å². The number of hydrogen-bond acceptors (Lipinski definition) is 4. The monoisotopic (exact) mass is 276 g/mol. The molecule has 1 aliphatic rings. The van der Waals surface area contributed by atoms with Crippen LogP contribution in [0.2, 0.25) is 0 Å². The molecule has 5 heteroatoms. The molecule has 1 aromatic rings. The molecule has 5 nitrogen and oxygen atoms in total. The van der Waals surface area contributed by atoms with Gasteiger partial charge in [-0.3, -0.25) is 14.5 Å². The summed E-state index contributed by atoms with van der Waals surface area (Å²) in [6.07, 6.45) is 0. The fourth-order valence-electron chi connectivity index (χ4n) is 2.26. The smallest absolute Gasteiger partial charge is 0.302 e. The van der Waals surface area contributed by atoms with Crippen molar-refractivity contribution in [1.29, 1.82) is 0 Å². The molecule has 0 N–H and O–H groups in total. The highest BCUT2D eigenvalue weighted by Gasteiger charge is 2.21. The molecule has 108 valence electrons. The van der Waals surface area contributed by atoms with Crippen molar-refractivity contribution in [2.75, 3.05) is 39.3 Å². The molecule has 20 heavy (non-hydrogen) atoms. The average molecular weight is 276 g/mol. The third-order valence-electron chi connectivity index (χ3n) is 3.39. The molecule has 1 aliphatic heterocycles. The minimum Gasteiger partial charge on any atom is -0.465 e. The molecule has 0 radical (unpaired) electrons. The third kappa shape index (κ3) is 4.06. The summed E-state index contributed by atoms with van der Waals surface area (Å²) in [6, 6.07) is 9.35. The number of nitrogens with zero attached hydrogens (tertiary/aromatic N) is 2. The first-order valence-corrected chi connectivity index (χ1v) is 6.87. The Balaban J connectivity index is 1.77. The first kappa shape index (κ1) is 14.5. The van der Waals surface area contributed by atoms with Crippen LogP contribution in [0.15, 0.2) is 30.3 Å². The van der Waals surface area contributed by atoms with Gasteiger partial charge in [0.25, 0.3) is 5.91 Å². The number of amides is 1. The van der Waals surface area contributed by atoms with Crippen LogP contribution in [0.25, 0.3) is 0 Å². The van der Waals surface area contributed by atoms with Crippen LogP contribution in [0.1, 0.15) is 17.3 Å². The number of rotatable bonds is 4. The Morgan fingerprint density at radius 3 is 2.35 bits per heavy atom. The maximum atomic E-state index is 12.2. The van der Waals surface area contributed by atoms with Gasteiger partial charge in [-0.2, -0.15) is 0 Å². The van der Waals surface area contributed by atoms with Crippen molar-refractivity contribution in [2.24, 2.45) is 0 Å². The molecule has 1 amide bonds. The standard InChI is InChI=1S/C15H20N2O3/c1-13(18)20-12-11-16-7-9-17(10-8-16)15(19)14-5-3-2-4-6-14/h2-6H,7-12H2,1H3. The topological polar surface area (TPSA) is 49.9 Å². The molecular weight excluding hydrogens is 256 g/mol. The van der Waals surface area contributed by atoms with Crippen LogP contribution in [-0.4, -0.2) is 61.0 Å². The highest BCUT2D eigenvalue weighted by Crippen LogP contribution is 2.08. The van der Waals surface area contributed by atoms with Crippen molar-refractivity contribution in [1.82, 2.24) is 9.80 Å². The van der Waals surface area contributed by atoms with Gasteiger partial charge in [-0.25, -0.2) is 0 Å². The molecule has 1 heterocycles. The van der Waals surface area contributed by atoms with Crippen molar-refractivity contribution >= 4 is 11.9 Å². The fourth-order valence-corrected chi connectivity index (χ4v) is 2.26. The van der Waals surface area contributed by atoms with E-state index in [1.54, 1.807) is 0 Å². The Kier molecular flexibility index (Phi) is 5.12. The molecule has 0 aliphatic carbocycles. The van der Waals surface area contributed by atoms with Crippen molar-refractivity contribution in [3.63, 3.8) is 0 Å². The lowest BCUT2D eigenvalue weighted by atomic mass is 10.2. The number of carbonyl (C=O) groups excluding carboxylic acids is 2. The number of esters is 1. The number of piperazine rings is 1. The van der Waals surface area contributed by atoms with Crippen LogP contribution < -0.4 is 0 Å². The summed E-state index contributed by atoms with van der Waals surface area (Å²) >= 11 is 0. The van der Waals surface area contributed by atoms with Crippen molar-refractivity contribution in [3.8, 4) is 0 Å². The summed E-state index contributed by atoms with van der Waals surface area (Å²) in [5.74, 6) is -0.159. The number of carbonyl (C=O) groups is 2. The van der Waals surface area contributed by atoms with Gasteiger partial charge >= 0.3 is 5.97 Å². The van der Waals surface area contributed by atoms with Gasteiger partial charge in [0.2, 0.25) is 0 Å². The quantitative estimate of drug-likeness (QED) is 0.770. The second kappa shape index (κ2) is 7.05. The van der Waals surface area contributed by atoms with Gasteiger partial charge < -0.3 is 9.64 Å². The molecule has 0 spiro atoms. The second-order valence-electron chi connectivity index (χ2n) is 4.84. The zero-order chi connectivity index (χ0) is 14.4. The molecule has 0 aromatic heterocycles. The summed E-state index contributed by atoms with van der Waals surface area (Å²) < 4.78 is 4.93. The molecule has 0 bridgehead atoms. The molecule has 1 fully saturated rings. The van der Waals surface area contributed by atoms with Crippen molar-refractivity contribution < 1.29 is 14.3 Å². The maximum Gasteiger partial charge on any atom is 0.302 e. The fraction of sp³-hybridized carbons (Fsp3) is 0.467. The van der Waals surface area contributed by atoms with Crippen LogP contribution in [-0.2, 0) is 9.53 Å². The predicted octanol–water partition coefficient (Wildman–Crippen LogP) is 1.01. The third-order valence-corrected chi connectivity index (χ3v) is 3.39. The van der Waals surface area contributed by atoms with E-state index in [9.17, 15) is 9.59 Å². The first-order chi connectivity index (χ1) is 9.66. The SMILES string of the molecule is CC(=O)OCCN1CCN(C(=O)c2ccccc2)CC1. The van der Waals surface area contributed by atoms with E-state index in [4.69, 9.17) is 4.74 Å². The normalized spacial score (nSPS) is 15.9. The lowest BCUT2D eigenvalue weighted by Crippen LogP contribution is -2.49. The van der Waals surface area contributed by atoms with Gasteiger partial charge in [0.05, 0.1) is 0 Å². The van der Waals surface area contributed by atoms with Crippen LogP contribution >= 0.6 is 0 Å². The zero-order valence-corrected chi connectivity index (χ0v) is 11.7. The van der Waals surface area contributed by atoms with Gasteiger partial charge in [-0.15, -0.1) is 0 Å². The molecular formula is C15H20N2O3. The van der Waals surface area contributed by atoms with Crippen LogP contribution in [0.4, 0.5) is 0 Å². The summed E-state index contributed by atoms with van der Waals surface area (Å²) in [5, 5.41) is 0. The van der Waals surface area contributed by atoms with E-state index in [1.807, 2.05) is 35.2 Å². The molecule has 0 unspecified atom stereocenters. The second-order valence-corrected chi connectivity index (χ2v) is 4.84. The summed E-state index contributed by atoms with van der Waals surface area (Å²) in [7, 11) is 0. The van der Waals surface area contributed by atoms with E-state index < -0.39 is 0 Å². The van der Waals surface area contributed by atoms with Gasteiger partial charge in [0.15, 0.2) is 0 Å². The molecule has 2 rings (SSSR count). The highest BCUT2D eigenvalue weighted by molar-refractivity contribution is 5.94. The molecule has 1 aromatic carbocycles. The van der Waals surface area contributed by atoms with Crippen molar-refractivity contribution in [2.45, 2.75) is 6.92 Å². The molecule has 0 saturated carbocycles. The van der Waals surface area contributed by atoms with E-state index in [1.165, 1.54) is 6.92 Å². The summed E-state index contributed by atoms with van der Waals surface area (Å²) in [6.45, 7) is 5.63. The number of benzene rings is 1. The number of hydrogen-bond donors (Lipinski definition) is 0. The molecule has 1 saturated heterocycles. The number of ether oxygens (including phenoxy) is 1. The predicted molar refractivity (Wildman–Crippen MR) is 75.4 cm³/mol. The van der Waals surface area contributed by atoms with Gasteiger partial charge in [-0.1, -0.05) is 18.2 Å². The Hall–Kier alpha value is -1.88. The molecule has 0 atom stereocenters. The minimum absolute atomic E-state index is 0.0882. The van der Waals surface area contributed by atoms with E-state index in [-0.39, 0.29) is 11.9 Å². The van der Waals surface area contributed by atoms with E-state index in [0.29, 0.717) is 19.7 Å². The lowest BCUT2D eigenvalue weighted by Gasteiger charge is -2.34. The Morgan fingerprint density at radius 2 is 1.75 bits per heavy atom.